The van der Waals surface area contributed by atoms with Crippen molar-refractivity contribution in [1.29, 1.82) is 5.26 Å². The molecule has 0 radical (unpaired) electrons. The molecule has 1 N–H and O–H groups in total. The molecular weight excluding hydrogens is 476 g/mol. The van der Waals surface area contributed by atoms with Crippen molar-refractivity contribution in [3.05, 3.63) is 99.0 Å². The lowest BCUT2D eigenvalue weighted by Crippen LogP contribution is -2.15. The summed E-state index contributed by atoms with van der Waals surface area (Å²) in [6.07, 6.45) is -3.30. The molecule has 0 aliphatic heterocycles. The molecule has 1 amide bonds. The number of benzene rings is 3. The number of carbonyl (C=O) groups is 1. The molecule has 0 unspecified atom stereocenters. The second-order valence-electron chi connectivity index (χ2n) is 6.80. The van der Waals surface area contributed by atoms with E-state index in [1.54, 1.807) is 42.5 Å². The van der Waals surface area contributed by atoms with Crippen LogP contribution in [0.1, 0.15) is 16.7 Å². The number of ether oxygens (including phenoxy) is 1. The van der Waals surface area contributed by atoms with E-state index >= 15 is 0 Å². The van der Waals surface area contributed by atoms with Crippen molar-refractivity contribution in [2.24, 2.45) is 0 Å². The van der Waals surface area contributed by atoms with Crippen LogP contribution in [0.2, 0.25) is 10.0 Å². The Labute approximate surface area is 197 Å². The zero-order chi connectivity index (χ0) is 24.0. The molecule has 3 aromatic carbocycles. The monoisotopic (exact) mass is 490 g/mol. The van der Waals surface area contributed by atoms with E-state index in [1.807, 2.05) is 12.1 Å². The van der Waals surface area contributed by atoms with Gasteiger partial charge in [0.2, 0.25) is 0 Å². The summed E-state index contributed by atoms with van der Waals surface area (Å²) in [4.78, 5) is 12.4. The highest BCUT2D eigenvalue weighted by molar-refractivity contribution is 6.34. The standard InChI is InChI=1S/C24H15Cl2F3N2O2/c25-19-6-1-16(2-7-19)14-33-20-8-3-15(4-9-20)11-17(13-30)23(32)31-22-12-18(24(27,28)29)5-10-21(22)26/h1-12H,14H2,(H,31,32). The molecule has 3 aromatic rings. The topological polar surface area (TPSA) is 62.1 Å². The summed E-state index contributed by atoms with van der Waals surface area (Å²) in [5.74, 6) is -0.317. The summed E-state index contributed by atoms with van der Waals surface area (Å²) >= 11 is 11.7. The third kappa shape index (κ3) is 6.75. The summed E-state index contributed by atoms with van der Waals surface area (Å²) in [5, 5.41) is 12.1. The van der Waals surface area contributed by atoms with Gasteiger partial charge in [-0.15, -0.1) is 0 Å². The molecule has 4 nitrogen and oxygen atoms in total. The van der Waals surface area contributed by atoms with Gasteiger partial charge in [-0.05, 0) is 59.7 Å². The number of hydrogen-bond donors (Lipinski definition) is 1. The van der Waals surface area contributed by atoms with E-state index in [-0.39, 0.29) is 16.3 Å². The number of carbonyl (C=O) groups excluding carboxylic acids is 1. The molecule has 168 valence electrons. The van der Waals surface area contributed by atoms with E-state index in [0.29, 0.717) is 29.0 Å². The molecule has 0 bridgehead atoms. The average molecular weight is 491 g/mol. The molecule has 0 spiro atoms. The number of halogens is 5. The Morgan fingerprint density at radius 3 is 2.30 bits per heavy atom. The highest BCUT2D eigenvalue weighted by Gasteiger charge is 2.31. The number of anilines is 1. The van der Waals surface area contributed by atoms with Gasteiger partial charge in [0.1, 0.15) is 24.0 Å². The van der Waals surface area contributed by atoms with Crippen LogP contribution in [0.25, 0.3) is 6.08 Å². The minimum atomic E-state index is -4.60. The lowest BCUT2D eigenvalue weighted by Gasteiger charge is -2.11. The van der Waals surface area contributed by atoms with Crippen molar-refractivity contribution in [2.75, 3.05) is 5.32 Å². The molecule has 0 aromatic heterocycles. The summed E-state index contributed by atoms with van der Waals surface area (Å²) < 4.78 is 44.4. The molecule has 0 atom stereocenters. The Bertz CT molecular complexity index is 1220. The van der Waals surface area contributed by atoms with E-state index < -0.39 is 17.6 Å². The predicted octanol–water partition coefficient (Wildman–Crippen LogP) is 7.14. The highest BCUT2D eigenvalue weighted by Crippen LogP contribution is 2.34. The quantitative estimate of drug-likeness (QED) is 0.295. The van der Waals surface area contributed by atoms with Crippen LogP contribution in [0.15, 0.2) is 72.3 Å². The summed E-state index contributed by atoms with van der Waals surface area (Å²) in [7, 11) is 0. The molecule has 0 saturated heterocycles. The average Bonchev–Trinajstić information content (AvgIpc) is 2.78. The van der Waals surface area contributed by atoms with Gasteiger partial charge in [0, 0.05) is 5.02 Å². The van der Waals surface area contributed by atoms with Crippen molar-refractivity contribution in [3.8, 4) is 11.8 Å². The van der Waals surface area contributed by atoms with Gasteiger partial charge >= 0.3 is 6.18 Å². The number of rotatable bonds is 6. The van der Waals surface area contributed by atoms with Crippen molar-refractivity contribution in [2.45, 2.75) is 12.8 Å². The van der Waals surface area contributed by atoms with Crippen molar-refractivity contribution >= 4 is 40.9 Å². The van der Waals surface area contributed by atoms with Gasteiger partial charge in [-0.3, -0.25) is 4.79 Å². The summed E-state index contributed by atoms with van der Waals surface area (Å²) in [6, 6.07) is 18.1. The lowest BCUT2D eigenvalue weighted by molar-refractivity contribution is -0.137. The second kappa shape index (κ2) is 10.4. The first-order valence-electron chi connectivity index (χ1n) is 9.43. The van der Waals surface area contributed by atoms with Crippen LogP contribution < -0.4 is 10.1 Å². The molecule has 0 aliphatic rings. The SMILES string of the molecule is N#CC(=Cc1ccc(OCc2ccc(Cl)cc2)cc1)C(=O)Nc1cc(C(F)(F)F)ccc1Cl. The summed E-state index contributed by atoms with van der Waals surface area (Å²) in [5.41, 5.74) is -0.0727. The van der Waals surface area contributed by atoms with Crippen molar-refractivity contribution in [3.63, 3.8) is 0 Å². The number of alkyl halides is 3. The maximum Gasteiger partial charge on any atom is 0.416 e. The molecule has 9 heteroatoms. The van der Waals surface area contributed by atoms with Gasteiger partial charge in [-0.25, -0.2) is 0 Å². The van der Waals surface area contributed by atoms with Gasteiger partial charge in [0.15, 0.2) is 0 Å². The Kier molecular flexibility index (Phi) is 7.64. The van der Waals surface area contributed by atoms with Crippen LogP contribution in [0, 0.1) is 11.3 Å². The van der Waals surface area contributed by atoms with E-state index in [0.717, 1.165) is 17.7 Å². The van der Waals surface area contributed by atoms with Gasteiger partial charge < -0.3 is 10.1 Å². The first-order valence-corrected chi connectivity index (χ1v) is 10.2. The van der Waals surface area contributed by atoms with E-state index in [1.165, 1.54) is 6.08 Å². The van der Waals surface area contributed by atoms with Gasteiger partial charge in [-0.2, -0.15) is 18.4 Å². The zero-order valence-electron chi connectivity index (χ0n) is 16.8. The molecule has 3 rings (SSSR count). The fraction of sp³-hybridized carbons (Fsp3) is 0.0833. The maximum atomic E-state index is 12.9. The smallest absolute Gasteiger partial charge is 0.416 e. The van der Waals surface area contributed by atoms with Crippen LogP contribution in [-0.2, 0) is 17.6 Å². The Morgan fingerprint density at radius 2 is 1.70 bits per heavy atom. The van der Waals surface area contributed by atoms with Crippen LogP contribution in [0.5, 0.6) is 5.75 Å². The normalized spacial score (nSPS) is 11.6. The third-order valence-electron chi connectivity index (χ3n) is 4.42. The van der Waals surface area contributed by atoms with E-state index in [2.05, 4.69) is 5.32 Å². The van der Waals surface area contributed by atoms with Crippen LogP contribution in [0.3, 0.4) is 0 Å². The maximum absolute atomic E-state index is 12.9. The van der Waals surface area contributed by atoms with Crippen molar-refractivity contribution in [1.82, 2.24) is 0 Å². The first-order chi connectivity index (χ1) is 15.7. The molecule has 0 saturated carbocycles. The fourth-order valence-corrected chi connectivity index (χ4v) is 3.00. The van der Waals surface area contributed by atoms with Crippen LogP contribution in [-0.4, -0.2) is 5.91 Å². The molecule has 0 aliphatic carbocycles. The summed E-state index contributed by atoms with van der Waals surface area (Å²) in [6.45, 7) is 0.329. The number of nitrogens with one attached hydrogen (secondary N) is 1. The van der Waals surface area contributed by atoms with Gasteiger partial charge in [-0.1, -0.05) is 47.5 Å². The minimum Gasteiger partial charge on any atom is -0.489 e. The highest BCUT2D eigenvalue weighted by atomic mass is 35.5. The Morgan fingerprint density at radius 1 is 1.03 bits per heavy atom. The van der Waals surface area contributed by atoms with E-state index in [4.69, 9.17) is 27.9 Å². The van der Waals surface area contributed by atoms with Crippen molar-refractivity contribution < 1.29 is 22.7 Å². The van der Waals surface area contributed by atoms with Crippen LogP contribution >= 0.6 is 23.2 Å². The minimum absolute atomic E-state index is 0.0872. The largest absolute Gasteiger partial charge is 0.489 e. The third-order valence-corrected chi connectivity index (χ3v) is 5.00. The number of nitriles is 1. The van der Waals surface area contributed by atoms with E-state index in [9.17, 15) is 23.2 Å². The molecule has 33 heavy (non-hydrogen) atoms. The first kappa shape index (κ1) is 24.2. The van der Waals surface area contributed by atoms with Gasteiger partial charge in [0.05, 0.1) is 16.3 Å². The number of nitrogens with zero attached hydrogens (tertiary/aromatic N) is 1. The lowest BCUT2D eigenvalue weighted by atomic mass is 10.1. The second-order valence-corrected chi connectivity index (χ2v) is 7.64. The molecule has 0 fully saturated rings. The Hall–Kier alpha value is -3.47. The van der Waals surface area contributed by atoms with Crippen LogP contribution in [0.4, 0.5) is 18.9 Å². The predicted molar refractivity (Wildman–Crippen MR) is 121 cm³/mol. The molecular formula is C24H15Cl2F3N2O2. The number of amides is 1. The molecule has 0 heterocycles. The van der Waals surface area contributed by atoms with Gasteiger partial charge in [0.25, 0.3) is 5.91 Å². The Balaban J connectivity index is 1.69. The number of hydrogen-bond acceptors (Lipinski definition) is 3. The fourth-order valence-electron chi connectivity index (χ4n) is 2.71. The zero-order valence-corrected chi connectivity index (χ0v) is 18.3.